The average molecular weight is 539 g/mol. The second kappa shape index (κ2) is 11.2. The summed E-state index contributed by atoms with van der Waals surface area (Å²) in [6.45, 7) is 4.96. The van der Waals surface area contributed by atoms with Gasteiger partial charge < -0.3 is 9.80 Å². The van der Waals surface area contributed by atoms with Gasteiger partial charge in [0.05, 0.1) is 34.0 Å². The fourth-order valence-electron chi connectivity index (χ4n) is 4.53. The molecule has 4 rings (SSSR count). The lowest BCUT2D eigenvalue weighted by Crippen LogP contribution is -2.38. The topological polar surface area (TPSA) is 154 Å². The molecule has 0 amide bonds. The van der Waals surface area contributed by atoms with Gasteiger partial charge in [-0.1, -0.05) is 6.42 Å². The van der Waals surface area contributed by atoms with E-state index in [0.717, 1.165) is 38.5 Å². The van der Waals surface area contributed by atoms with Crippen LogP contribution in [0.4, 0.5) is 11.4 Å². The van der Waals surface area contributed by atoms with Crippen molar-refractivity contribution in [2.45, 2.75) is 31.1 Å². The Morgan fingerprint density at radius 3 is 2.68 bits per heavy atom. The predicted molar refractivity (Wildman–Crippen MR) is 143 cm³/mol. The van der Waals surface area contributed by atoms with Gasteiger partial charge in [0.25, 0.3) is 15.7 Å². The summed E-state index contributed by atoms with van der Waals surface area (Å²) in [6.07, 6.45) is 7.91. The van der Waals surface area contributed by atoms with E-state index in [-0.39, 0.29) is 10.6 Å². The number of non-ortho nitro benzene ring substituents is 1. The third kappa shape index (κ3) is 5.62. The molecule has 1 aliphatic heterocycles. The zero-order chi connectivity index (χ0) is 27.4. The number of sulfonamides is 1. The maximum atomic E-state index is 13.6. The number of anilines is 1. The number of likely N-dealkylation sites (N-methyl/N-ethyl adjacent to an activating group) is 1. The molecule has 38 heavy (non-hydrogen) atoms. The number of nitrogens with two attached hydrogens (primary N) is 1. The Balaban J connectivity index is 1.66. The highest BCUT2D eigenvalue weighted by Gasteiger charge is 2.28. The SMILES string of the molecule is CC(=CN(N)S(=O)(=O)c1cc([N+](=O)[O-])ccc1N(C)CCN1CCCCC1)c1cnn2ccc(C#N)cc12. The minimum atomic E-state index is -4.37. The van der Waals surface area contributed by atoms with E-state index in [9.17, 15) is 23.8 Å². The van der Waals surface area contributed by atoms with Gasteiger partial charge in [-0.05, 0) is 56.6 Å². The number of hydrogen-bond donors (Lipinski definition) is 1. The molecule has 3 aromatic rings. The maximum absolute atomic E-state index is 13.6. The van der Waals surface area contributed by atoms with Gasteiger partial charge in [-0.3, -0.25) is 10.1 Å². The second-order valence-electron chi connectivity index (χ2n) is 9.30. The molecule has 0 atom stereocenters. The highest BCUT2D eigenvalue weighted by molar-refractivity contribution is 7.89. The molecular formula is C25H30N8O4S. The molecule has 1 saturated heterocycles. The lowest BCUT2D eigenvalue weighted by Gasteiger charge is -2.30. The van der Waals surface area contributed by atoms with E-state index in [2.05, 4.69) is 16.1 Å². The van der Waals surface area contributed by atoms with Gasteiger partial charge in [0.15, 0.2) is 0 Å². The molecule has 0 radical (unpaired) electrons. The van der Waals surface area contributed by atoms with Gasteiger partial charge in [0.2, 0.25) is 0 Å². The van der Waals surface area contributed by atoms with Crippen molar-refractivity contribution in [1.82, 2.24) is 18.9 Å². The Hall–Kier alpha value is -3.99. The van der Waals surface area contributed by atoms with E-state index in [4.69, 9.17) is 5.84 Å². The quantitative estimate of drug-likeness (QED) is 0.246. The van der Waals surface area contributed by atoms with E-state index in [0.29, 0.717) is 38.9 Å². The number of nitro groups is 1. The molecule has 0 aliphatic carbocycles. The summed E-state index contributed by atoms with van der Waals surface area (Å²) in [7, 11) is -2.61. The van der Waals surface area contributed by atoms with Crippen LogP contribution >= 0.6 is 0 Å². The summed E-state index contributed by atoms with van der Waals surface area (Å²) in [6, 6.07) is 9.11. The molecule has 13 heteroatoms. The second-order valence-corrected chi connectivity index (χ2v) is 11.1. The van der Waals surface area contributed by atoms with E-state index < -0.39 is 14.9 Å². The summed E-state index contributed by atoms with van der Waals surface area (Å²) in [5, 5.41) is 24.9. The maximum Gasteiger partial charge on any atom is 0.279 e. The van der Waals surface area contributed by atoms with Gasteiger partial charge >= 0.3 is 0 Å². The lowest BCUT2D eigenvalue weighted by molar-refractivity contribution is -0.385. The molecule has 2 N–H and O–H groups in total. The molecule has 200 valence electrons. The van der Waals surface area contributed by atoms with Crippen molar-refractivity contribution in [3.8, 4) is 6.07 Å². The molecule has 0 saturated carbocycles. The number of aromatic nitrogens is 2. The summed E-state index contributed by atoms with van der Waals surface area (Å²) in [5.41, 5.74) is 2.08. The normalized spacial score (nSPS) is 14.8. The molecule has 12 nitrogen and oxygen atoms in total. The number of fused-ring (bicyclic) bond motifs is 1. The van der Waals surface area contributed by atoms with Crippen LogP contribution in [-0.2, 0) is 10.0 Å². The van der Waals surface area contributed by atoms with Gasteiger partial charge in [0, 0.05) is 50.2 Å². The zero-order valence-electron chi connectivity index (χ0n) is 21.3. The van der Waals surface area contributed by atoms with E-state index >= 15 is 0 Å². The number of hydrogen-bond acceptors (Lipinski definition) is 9. The number of nitro benzene ring substituents is 1. The zero-order valence-corrected chi connectivity index (χ0v) is 22.1. The van der Waals surface area contributed by atoms with Crippen LogP contribution in [0, 0.1) is 21.4 Å². The first-order chi connectivity index (χ1) is 18.1. The smallest absolute Gasteiger partial charge is 0.279 e. The minimum Gasteiger partial charge on any atom is -0.372 e. The van der Waals surface area contributed by atoms with Crippen LogP contribution in [0.15, 0.2) is 53.8 Å². The molecule has 0 unspecified atom stereocenters. The molecular weight excluding hydrogens is 508 g/mol. The lowest BCUT2D eigenvalue weighted by atomic mass is 10.1. The van der Waals surface area contributed by atoms with Gasteiger partial charge in [-0.2, -0.15) is 18.8 Å². The predicted octanol–water partition coefficient (Wildman–Crippen LogP) is 2.96. The fraction of sp³-hybridized carbons (Fsp3) is 0.360. The first kappa shape index (κ1) is 27.1. The Morgan fingerprint density at radius 2 is 2.00 bits per heavy atom. The van der Waals surface area contributed by atoms with Crippen molar-refractivity contribution in [3.63, 3.8) is 0 Å². The van der Waals surface area contributed by atoms with Crippen LogP contribution in [0.25, 0.3) is 11.1 Å². The molecule has 1 fully saturated rings. The van der Waals surface area contributed by atoms with Crippen molar-refractivity contribution in [3.05, 3.63) is 70.2 Å². The Labute approximate surface area is 221 Å². The molecule has 1 aliphatic rings. The van der Waals surface area contributed by atoms with Crippen molar-refractivity contribution in [1.29, 1.82) is 5.26 Å². The first-order valence-corrected chi connectivity index (χ1v) is 13.6. The van der Waals surface area contributed by atoms with Gasteiger partial charge in [-0.15, -0.1) is 0 Å². The molecule has 0 spiro atoms. The van der Waals surface area contributed by atoms with Crippen LogP contribution in [-0.4, -0.2) is 65.5 Å². The fourth-order valence-corrected chi connectivity index (χ4v) is 5.81. The number of benzene rings is 1. The van der Waals surface area contributed by atoms with Gasteiger partial charge in [0.1, 0.15) is 4.90 Å². The van der Waals surface area contributed by atoms with E-state index in [1.54, 1.807) is 47.9 Å². The first-order valence-electron chi connectivity index (χ1n) is 12.2. The number of piperidine rings is 1. The van der Waals surface area contributed by atoms with Crippen molar-refractivity contribution >= 4 is 32.5 Å². The summed E-state index contributed by atoms with van der Waals surface area (Å²) in [4.78, 5) is 14.7. The molecule has 2 aromatic heterocycles. The standard InChI is InChI=1S/C25H30N8O4S/c1-19(22-17-28-31-11-8-20(16-26)14-24(22)31)18-32(27)38(36,37)25-15-21(33(34)35)6-7-23(25)29(2)12-13-30-9-4-3-5-10-30/h6-8,11,14-15,17-18H,3-5,9-10,12-13,27H2,1-2H3. The van der Waals surface area contributed by atoms with Crippen molar-refractivity contribution < 1.29 is 13.3 Å². The number of hydrazine groups is 1. The Kier molecular flexibility index (Phi) is 7.96. The summed E-state index contributed by atoms with van der Waals surface area (Å²) >= 11 is 0. The third-order valence-electron chi connectivity index (χ3n) is 6.72. The summed E-state index contributed by atoms with van der Waals surface area (Å²) in [5.74, 6) is 6.07. The van der Waals surface area contributed by atoms with Crippen LogP contribution in [0.5, 0.6) is 0 Å². The molecule has 1 aromatic carbocycles. The van der Waals surface area contributed by atoms with E-state index in [1.165, 1.54) is 24.8 Å². The Bertz CT molecular complexity index is 1520. The largest absolute Gasteiger partial charge is 0.372 e. The molecule has 3 heterocycles. The third-order valence-corrected chi connectivity index (χ3v) is 8.26. The number of allylic oxidation sites excluding steroid dienone is 1. The number of rotatable bonds is 9. The van der Waals surface area contributed by atoms with Crippen LogP contribution in [0.3, 0.4) is 0 Å². The van der Waals surface area contributed by atoms with Gasteiger partial charge in [-0.25, -0.2) is 14.8 Å². The van der Waals surface area contributed by atoms with Crippen LogP contribution in [0.1, 0.15) is 37.3 Å². The number of likely N-dealkylation sites (tertiary alicyclic amines) is 1. The highest BCUT2D eigenvalue weighted by atomic mass is 32.2. The summed E-state index contributed by atoms with van der Waals surface area (Å²) < 4.78 is 29.4. The average Bonchev–Trinajstić information content (AvgIpc) is 3.35. The van der Waals surface area contributed by atoms with E-state index in [1.807, 2.05) is 0 Å². The van der Waals surface area contributed by atoms with Crippen molar-refractivity contribution in [2.75, 3.05) is 38.1 Å². The Morgan fingerprint density at radius 1 is 1.26 bits per heavy atom. The highest BCUT2D eigenvalue weighted by Crippen LogP contribution is 2.31. The van der Waals surface area contributed by atoms with Crippen LogP contribution < -0.4 is 10.7 Å². The minimum absolute atomic E-state index is 0.258. The number of nitrogens with zero attached hydrogens (tertiary/aromatic N) is 7. The molecule has 0 bridgehead atoms. The monoisotopic (exact) mass is 538 g/mol. The van der Waals surface area contributed by atoms with Crippen molar-refractivity contribution in [2.24, 2.45) is 5.84 Å². The number of nitriles is 1. The number of pyridine rings is 1. The van der Waals surface area contributed by atoms with Crippen LogP contribution in [0.2, 0.25) is 0 Å².